The van der Waals surface area contributed by atoms with Crippen molar-refractivity contribution in [3.05, 3.63) is 34.5 Å². The quantitative estimate of drug-likeness (QED) is 0.815. The van der Waals surface area contributed by atoms with Crippen LogP contribution in [0.4, 0.5) is 0 Å². The zero-order valence-corrected chi connectivity index (χ0v) is 9.89. The van der Waals surface area contributed by atoms with Crippen LogP contribution in [-0.2, 0) is 4.74 Å². The summed E-state index contributed by atoms with van der Waals surface area (Å²) in [6.07, 6.45) is 0. The van der Waals surface area contributed by atoms with Crippen molar-refractivity contribution in [1.82, 2.24) is 4.98 Å². The maximum absolute atomic E-state index is 11.5. The Balaban J connectivity index is 2.51. The zero-order chi connectivity index (χ0) is 11.7. The number of aryl methyl sites for hydroxylation is 1. The second-order valence-electron chi connectivity index (χ2n) is 3.61. The van der Waals surface area contributed by atoms with Gasteiger partial charge in [0.05, 0.1) is 17.1 Å². The van der Waals surface area contributed by atoms with Gasteiger partial charge in [-0.25, -0.2) is 4.79 Å². The summed E-state index contributed by atoms with van der Waals surface area (Å²) in [5.41, 5.74) is 2.27. The normalized spacial score (nSPS) is 10.7. The molecule has 0 amide bonds. The van der Waals surface area contributed by atoms with E-state index in [4.69, 9.17) is 16.3 Å². The number of carbonyl (C=O) groups excluding carboxylic acids is 1. The first kappa shape index (κ1) is 11.0. The van der Waals surface area contributed by atoms with Gasteiger partial charge in [-0.1, -0.05) is 11.6 Å². The Morgan fingerprint density at radius 2 is 2.19 bits per heavy atom. The Bertz CT molecular complexity index is 545. The van der Waals surface area contributed by atoms with Crippen molar-refractivity contribution >= 4 is 28.5 Å². The highest BCUT2D eigenvalue weighted by atomic mass is 35.5. The molecule has 0 aliphatic rings. The van der Waals surface area contributed by atoms with Crippen LogP contribution in [0, 0.1) is 6.92 Å². The van der Waals surface area contributed by atoms with Crippen LogP contribution in [0.3, 0.4) is 0 Å². The molecule has 16 heavy (non-hydrogen) atoms. The lowest BCUT2D eigenvalue weighted by Crippen LogP contribution is -2.04. The monoisotopic (exact) mass is 237 g/mol. The van der Waals surface area contributed by atoms with E-state index in [2.05, 4.69) is 4.98 Å². The van der Waals surface area contributed by atoms with Crippen LogP contribution in [0.2, 0.25) is 5.02 Å². The third-order valence-corrected chi connectivity index (χ3v) is 2.62. The standard InChI is InChI=1S/C12H12ClNO2/c1-3-16-12(15)10-6-8-4-7(2)5-9(13)11(8)14-10/h4-6,14H,3H2,1-2H3. The topological polar surface area (TPSA) is 42.1 Å². The molecular formula is C12H12ClNO2. The van der Waals surface area contributed by atoms with Crippen LogP contribution in [-0.4, -0.2) is 17.6 Å². The molecule has 1 N–H and O–H groups in total. The Labute approximate surface area is 98.4 Å². The molecule has 1 heterocycles. The summed E-state index contributed by atoms with van der Waals surface area (Å²) in [5.74, 6) is -0.354. The molecule has 2 rings (SSSR count). The number of ether oxygens (including phenoxy) is 1. The van der Waals surface area contributed by atoms with Crippen molar-refractivity contribution in [1.29, 1.82) is 0 Å². The van der Waals surface area contributed by atoms with E-state index in [1.54, 1.807) is 13.0 Å². The molecule has 0 saturated heterocycles. The number of carbonyl (C=O) groups is 1. The summed E-state index contributed by atoms with van der Waals surface area (Å²) in [5, 5.41) is 1.54. The van der Waals surface area contributed by atoms with Crippen molar-refractivity contribution < 1.29 is 9.53 Å². The molecule has 4 heteroatoms. The lowest BCUT2D eigenvalue weighted by atomic mass is 10.2. The fourth-order valence-electron chi connectivity index (χ4n) is 1.66. The summed E-state index contributed by atoms with van der Waals surface area (Å²) in [6, 6.07) is 5.59. The van der Waals surface area contributed by atoms with Gasteiger partial charge in [-0.05, 0) is 37.6 Å². The molecule has 0 spiro atoms. The van der Waals surface area contributed by atoms with Crippen molar-refractivity contribution in [2.45, 2.75) is 13.8 Å². The first-order valence-electron chi connectivity index (χ1n) is 5.08. The van der Waals surface area contributed by atoms with E-state index in [0.29, 0.717) is 17.3 Å². The predicted molar refractivity (Wildman–Crippen MR) is 64.0 cm³/mol. The number of esters is 1. The molecule has 2 aromatic rings. The van der Waals surface area contributed by atoms with Crippen LogP contribution in [0.1, 0.15) is 23.0 Å². The lowest BCUT2D eigenvalue weighted by Gasteiger charge is -1.97. The third-order valence-electron chi connectivity index (χ3n) is 2.32. The summed E-state index contributed by atoms with van der Waals surface area (Å²) in [7, 11) is 0. The van der Waals surface area contributed by atoms with Gasteiger partial charge in [0.15, 0.2) is 0 Å². The van der Waals surface area contributed by atoms with Gasteiger partial charge in [-0.2, -0.15) is 0 Å². The Kier molecular flexibility index (Phi) is 2.88. The molecule has 1 aromatic heterocycles. The highest BCUT2D eigenvalue weighted by molar-refractivity contribution is 6.35. The third kappa shape index (κ3) is 1.91. The van der Waals surface area contributed by atoms with Gasteiger partial charge in [0.25, 0.3) is 0 Å². The fourth-order valence-corrected chi connectivity index (χ4v) is 1.99. The molecule has 0 radical (unpaired) electrons. The van der Waals surface area contributed by atoms with Gasteiger partial charge in [0.1, 0.15) is 5.69 Å². The number of aromatic amines is 1. The number of nitrogens with one attached hydrogen (secondary N) is 1. The molecule has 0 unspecified atom stereocenters. The summed E-state index contributed by atoms with van der Waals surface area (Å²) in [4.78, 5) is 14.5. The molecule has 3 nitrogen and oxygen atoms in total. The Morgan fingerprint density at radius 1 is 1.44 bits per heavy atom. The van der Waals surface area contributed by atoms with E-state index < -0.39 is 0 Å². The van der Waals surface area contributed by atoms with Crippen molar-refractivity contribution in [2.75, 3.05) is 6.61 Å². The average Bonchev–Trinajstić information content (AvgIpc) is 2.62. The SMILES string of the molecule is CCOC(=O)c1cc2cc(C)cc(Cl)c2[nH]1. The molecule has 0 fully saturated rings. The molecule has 0 atom stereocenters. The van der Waals surface area contributed by atoms with E-state index in [0.717, 1.165) is 16.5 Å². The van der Waals surface area contributed by atoms with Crippen LogP contribution in [0.15, 0.2) is 18.2 Å². The molecule has 0 saturated carbocycles. The molecule has 1 aromatic carbocycles. The van der Waals surface area contributed by atoms with E-state index in [9.17, 15) is 4.79 Å². The van der Waals surface area contributed by atoms with E-state index in [-0.39, 0.29) is 5.97 Å². The van der Waals surface area contributed by atoms with Crippen molar-refractivity contribution in [2.24, 2.45) is 0 Å². The molecule has 0 bridgehead atoms. The maximum atomic E-state index is 11.5. The van der Waals surface area contributed by atoms with E-state index in [1.165, 1.54) is 0 Å². The smallest absolute Gasteiger partial charge is 0.354 e. The molecular weight excluding hydrogens is 226 g/mol. The number of benzene rings is 1. The minimum absolute atomic E-state index is 0.354. The van der Waals surface area contributed by atoms with Crippen LogP contribution in [0.5, 0.6) is 0 Å². The lowest BCUT2D eigenvalue weighted by molar-refractivity contribution is 0.0520. The van der Waals surface area contributed by atoms with Crippen molar-refractivity contribution in [3.8, 4) is 0 Å². The fraction of sp³-hybridized carbons (Fsp3) is 0.250. The van der Waals surface area contributed by atoms with Crippen LogP contribution >= 0.6 is 11.6 Å². The molecule has 84 valence electrons. The first-order valence-corrected chi connectivity index (χ1v) is 5.45. The number of rotatable bonds is 2. The highest BCUT2D eigenvalue weighted by Crippen LogP contribution is 2.25. The van der Waals surface area contributed by atoms with Gasteiger partial charge in [-0.3, -0.25) is 0 Å². The second kappa shape index (κ2) is 4.18. The van der Waals surface area contributed by atoms with Crippen molar-refractivity contribution in [3.63, 3.8) is 0 Å². The summed E-state index contributed by atoms with van der Waals surface area (Å²) < 4.78 is 4.91. The largest absolute Gasteiger partial charge is 0.461 e. The minimum Gasteiger partial charge on any atom is -0.461 e. The van der Waals surface area contributed by atoms with Crippen LogP contribution in [0.25, 0.3) is 10.9 Å². The number of hydrogen-bond acceptors (Lipinski definition) is 2. The highest BCUT2D eigenvalue weighted by Gasteiger charge is 2.12. The number of halogens is 1. The summed E-state index contributed by atoms with van der Waals surface area (Å²) >= 11 is 6.07. The second-order valence-corrected chi connectivity index (χ2v) is 4.02. The number of fused-ring (bicyclic) bond motifs is 1. The zero-order valence-electron chi connectivity index (χ0n) is 9.13. The van der Waals surface area contributed by atoms with E-state index in [1.807, 2.05) is 19.1 Å². The van der Waals surface area contributed by atoms with Gasteiger partial charge in [-0.15, -0.1) is 0 Å². The Morgan fingerprint density at radius 3 is 2.88 bits per heavy atom. The predicted octanol–water partition coefficient (Wildman–Crippen LogP) is 3.31. The maximum Gasteiger partial charge on any atom is 0.354 e. The van der Waals surface area contributed by atoms with E-state index >= 15 is 0 Å². The number of aromatic nitrogens is 1. The minimum atomic E-state index is -0.354. The average molecular weight is 238 g/mol. The Hall–Kier alpha value is -1.48. The molecule has 0 aliphatic carbocycles. The number of hydrogen-bond donors (Lipinski definition) is 1. The van der Waals surface area contributed by atoms with Gasteiger partial charge in [0, 0.05) is 5.39 Å². The molecule has 0 aliphatic heterocycles. The van der Waals surface area contributed by atoms with Gasteiger partial charge < -0.3 is 9.72 Å². The first-order chi connectivity index (χ1) is 7.61. The van der Waals surface area contributed by atoms with Gasteiger partial charge in [0.2, 0.25) is 0 Å². The van der Waals surface area contributed by atoms with Crippen LogP contribution < -0.4 is 0 Å². The summed E-state index contributed by atoms with van der Waals surface area (Å²) in [6.45, 7) is 4.10. The number of H-pyrrole nitrogens is 1. The van der Waals surface area contributed by atoms with Gasteiger partial charge >= 0.3 is 5.97 Å².